The van der Waals surface area contributed by atoms with Crippen LogP contribution in [-0.2, 0) is 42.3 Å². The second-order valence-electron chi connectivity index (χ2n) is 11.5. The Kier molecular flexibility index (Phi) is 9.42. The second kappa shape index (κ2) is 13.5. The normalized spacial score (nSPS) is 13.2. The minimum Gasteiger partial charge on any atom is -0.741 e. The minimum atomic E-state index is -6.09. The van der Waals surface area contributed by atoms with Crippen molar-refractivity contribution in [1.29, 1.82) is 0 Å². The number of rotatable bonds is 5. The molecule has 1 aromatic heterocycles. The quantitative estimate of drug-likeness (QED) is 0.119. The summed E-state index contributed by atoms with van der Waals surface area (Å²) in [5, 5.41) is 3.80. The Balaban J connectivity index is 0.000000449. The Morgan fingerprint density at radius 2 is 1.23 bits per heavy atom. The number of pyridine rings is 1. The summed E-state index contributed by atoms with van der Waals surface area (Å²) >= 11 is 6.04. The van der Waals surface area contributed by atoms with Crippen LogP contribution in [0.2, 0.25) is 5.02 Å². The van der Waals surface area contributed by atoms with Gasteiger partial charge in [-0.3, -0.25) is 4.79 Å². The lowest BCUT2D eigenvalue weighted by Gasteiger charge is -2.28. The highest BCUT2D eigenvalue weighted by Crippen LogP contribution is 2.44. The van der Waals surface area contributed by atoms with Gasteiger partial charge in [-0.25, -0.2) is 8.42 Å². The molecule has 7 rings (SSSR count). The summed E-state index contributed by atoms with van der Waals surface area (Å²) in [6.07, 6.45) is 4.07. The molecule has 0 unspecified atom stereocenters. The topological polar surface area (TPSA) is 90.2 Å². The van der Waals surface area contributed by atoms with Crippen molar-refractivity contribution in [2.45, 2.75) is 37.7 Å². The van der Waals surface area contributed by atoms with Gasteiger partial charge in [0.1, 0.15) is 0 Å². The summed E-state index contributed by atoms with van der Waals surface area (Å²) in [4.78, 5) is 13.0. The van der Waals surface area contributed by atoms with Crippen molar-refractivity contribution in [3.05, 3.63) is 136 Å². The first-order valence-electron chi connectivity index (χ1n) is 15.3. The Labute approximate surface area is 281 Å². The summed E-state index contributed by atoms with van der Waals surface area (Å²) in [7, 11) is -6.09. The zero-order valence-corrected chi connectivity index (χ0v) is 27.1. The Bertz CT molecular complexity index is 2030. The van der Waals surface area contributed by atoms with Crippen LogP contribution in [-0.4, -0.2) is 30.9 Å². The molecule has 0 spiro atoms. The number of carbonyl (C=O) groups excluding carboxylic acids is 1. The van der Waals surface area contributed by atoms with Gasteiger partial charge in [0.15, 0.2) is 16.7 Å². The first-order valence-corrected chi connectivity index (χ1v) is 17.1. The summed E-state index contributed by atoms with van der Waals surface area (Å²) in [5.41, 5.74) is 8.46. The number of halogens is 4. The number of aromatic nitrogens is 1. The molecule has 246 valence electrons. The van der Waals surface area contributed by atoms with Crippen LogP contribution in [0.5, 0.6) is 0 Å². The third-order valence-corrected chi connectivity index (χ3v) is 9.44. The highest BCUT2D eigenvalue weighted by atomic mass is 35.5. The molecular weight excluding hydrogens is 661 g/mol. The van der Waals surface area contributed by atoms with E-state index in [1.807, 2.05) is 0 Å². The number of benzene rings is 4. The van der Waals surface area contributed by atoms with Crippen molar-refractivity contribution in [2.24, 2.45) is 0 Å². The van der Waals surface area contributed by atoms with Crippen LogP contribution in [0, 0.1) is 0 Å². The number of aryl methyl sites for hydroxylation is 2. The molecule has 0 aliphatic heterocycles. The van der Waals surface area contributed by atoms with E-state index >= 15 is 0 Å². The number of hydrogen-bond acceptors (Lipinski definition) is 4. The van der Waals surface area contributed by atoms with E-state index in [0.29, 0.717) is 23.7 Å². The molecular formula is C37H30ClF3N2O4S. The first kappa shape index (κ1) is 33.4. The molecule has 48 heavy (non-hydrogen) atoms. The van der Waals surface area contributed by atoms with Crippen molar-refractivity contribution >= 4 is 27.6 Å². The van der Waals surface area contributed by atoms with Crippen LogP contribution in [0.15, 0.2) is 103 Å². The van der Waals surface area contributed by atoms with Gasteiger partial charge in [-0.2, -0.15) is 17.7 Å². The van der Waals surface area contributed by atoms with Crippen LogP contribution in [0.25, 0.3) is 33.6 Å². The highest BCUT2D eigenvalue weighted by molar-refractivity contribution is 7.86. The number of hydrogen-bond donors (Lipinski definition) is 1. The standard InChI is InChI=1S/C36H29ClN2O.CHF3O3S/c37-28-18-14-27(15-19-28)36(40)38-22-23-39-34-29-12-6-4-8-24(29)16-20-31(34)33(26-10-2-1-3-11-26)32-21-17-25-9-5-7-13-30(25)35(32)39;2-1(3,4)8(5,6)7/h1-15,18-19H,16-17,20-23H2;(H,5,6,7). The van der Waals surface area contributed by atoms with Gasteiger partial charge >= 0.3 is 5.51 Å². The average Bonchev–Trinajstić information content (AvgIpc) is 3.07. The van der Waals surface area contributed by atoms with E-state index in [2.05, 4.69) is 88.7 Å². The SMILES string of the molecule is O=C(NCC[n+]1c2c(c(-c3ccccc3)c3c1-c1ccccc1CC3)CCc1ccccc1-2)c1ccc(Cl)cc1.O=S(=O)([O-])C(F)(F)F. The molecule has 2 aliphatic carbocycles. The molecule has 0 radical (unpaired) electrons. The minimum absolute atomic E-state index is 0.0818. The van der Waals surface area contributed by atoms with Gasteiger partial charge in [-0.15, -0.1) is 0 Å². The molecule has 1 heterocycles. The summed E-state index contributed by atoms with van der Waals surface area (Å²) < 4.78 is 61.4. The lowest BCUT2D eigenvalue weighted by molar-refractivity contribution is -0.674. The molecule has 1 N–H and O–H groups in total. The largest absolute Gasteiger partial charge is 0.741 e. The van der Waals surface area contributed by atoms with Gasteiger partial charge in [0.25, 0.3) is 5.91 Å². The van der Waals surface area contributed by atoms with Crippen LogP contribution in [0.3, 0.4) is 0 Å². The lowest BCUT2D eigenvalue weighted by atomic mass is 9.77. The van der Waals surface area contributed by atoms with Crippen LogP contribution in [0.1, 0.15) is 32.6 Å². The molecule has 4 aromatic carbocycles. The monoisotopic (exact) mass is 690 g/mol. The number of alkyl halides is 3. The maximum Gasteiger partial charge on any atom is 0.485 e. The van der Waals surface area contributed by atoms with Crippen molar-refractivity contribution in [2.75, 3.05) is 6.54 Å². The summed E-state index contributed by atoms with van der Waals surface area (Å²) in [5.74, 6) is -0.0818. The molecule has 1 amide bonds. The third kappa shape index (κ3) is 6.74. The predicted octanol–water partition coefficient (Wildman–Crippen LogP) is 7.31. The van der Waals surface area contributed by atoms with Gasteiger partial charge in [0, 0.05) is 38.4 Å². The van der Waals surface area contributed by atoms with Crippen molar-refractivity contribution < 1.29 is 35.5 Å². The zero-order valence-electron chi connectivity index (χ0n) is 25.6. The van der Waals surface area contributed by atoms with Gasteiger partial charge in [-0.1, -0.05) is 78.3 Å². The van der Waals surface area contributed by atoms with E-state index in [4.69, 9.17) is 24.6 Å². The van der Waals surface area contributed by atoms with E-state index in [9.17, 15) is 18.0 Å². The number of fused-ring (bicyclic) bond motifs is 6. The van der Waals surface area contributed by atoms with E-state index in [1.54, 1.807) is 24.3 Å². The average molecular weight is 691 g/mol. The fourth-order valence-corrected chi connectivity index (χ4v) is 6.70. The molecule has 0 saturated carbocycles. The number of carbonyl (C=O) groups is 1. The number of nitrogens with zero attached hydrogens (tertiary/aromatic N) is 1. The molecule has 2 aliphatic rings. The molecule has 0 fully saturated rings. The third-order valence-electron chi connectivity index (χ3n) is 8.62. The predicted molar refractivity (Wildman–Crippen MR) is 177 cm³/mol. The second-order valence-corrected chi connectivity index (χ2v) is 13.3. The van der Waals surface area contributed by atoms with Crippen molar-refractivity contribution in [3.8, 4) is 33.6 Å². The van der Waals surface area contributed by atoms with Crippen LogP contribution < -0.4 is 9.88 Å². The fraction of sp³-hybridized carbons (Fsp3) is 0.189. The summed E-state index contributed by atoms with van der Waals surface area (Å²) in [6, 6.07) is 35.6. The molecule has 0 atom stereocenters. The smallest absolute Gasteiger partial charge is 0.485 e. The maximum atomic E-state index is 13.0. The Morgan fingerprint density at radius 1 is 0.750 bits per heavy atom. The maximum absolute atomic E-state index is 13.0. The molecule has 5 aromatic rings. The van der Waals surface area contributed by atoms with E-state index < -0.39 is 15.6 Å². The highest BCUT2D eigenvalue weighted by Gasteiger charge is 2.38. The summed E-state index contributed by atoms with van der Waals surface area (Å²) in [6.45, 7) is 1.21. The molecule has 6 nitrogen and oxygen atoms in total. The van der Waals surface area contributed by atoms with Crippen LogP contribution in [0.4, 0.5) is 13.2 Å². The number of amides is 1. The molecule has 11 heteroatoms. The van der Waals surface area contributed by atoms with Crippen LogP contribution >= 0.6 is 11.6 Å². The van der Waals surface area contributed by atoms with Crippen molar-refractivity contribution in [3.63, 3.8) is 0 Å². The van der Waals surface area contributed by atoms with E-state index in [-0.39, 0.29) is 5.91 Å². The van der Waals surface area contributed by atoms with Gasteiger partial charge in [0.2, 0.25) is 11.4 Å². The van der Waals surface area contributed by atoms with E-state index in [1.165, 1.54) is 55.9 Å². The van der Waals surface area contributed by atoms with Gasteiger partial charge < -0.3 is 9.87 Å². The first-order chi connectivity index (χ1) is 22.9. The van der Waals surface area contributed by atoms with E-state index in [0.717, 1.165) is 25.7 Å². The molecule has 0 bridgehead atoms. The van der Waals surface area contributed by atoms with Gasteiger partial charge in [-0.05, 0) is 78.8 Å². The number of nitrogens with one attached hydrogen (secondary N) is 1. The van der Waals surface area contributed by atoms with Crippen molar-refractivity contribution in [1.82, 2.24) is 5.32 Å². The zero-order chi connectivity index (χ0) is 34.1. The fourth-order valence-electron chi connectivity index (χ4n) is 6.58. The molecule has 0 saturated heterocycles. The van der Waals surface area contributed by atoms with Gasteiger partial charge in [0.05, 0.1) is 6.54 Å². The lowest BCUT2D eigenvalue weighted by Crippen LogP contribution is -2.47. The Hall–Kier alpha value is -4.51. The Morgan fingerprint density at radius 3 is 1.73 bits per heavy atom.